The molecular weight excluding hydrogens is 687 g/mol. The number of hydrogen-bond donors (Lipinski definition) is 9. The maximum absolute atomic E-state index is 14.0. The third-order valence-corrected chi connectivity index (χ3v) is 8.32. The average molecular weight is 733 g/mol. The van der Waals surface area contributed by atoms with Crippen molar-refractivity contribution < 1.29 is 28.4 Å². The number of nitrogens with zero attached hydrogens (tertiary/aromatic N) is 3. The average Bonchev–Trinajstić information content (AvgIpc) is 3.79. The number of carbonyl (C=O) groups is 5. The van der Waals surface area contributed by atoms with Gasteiger partial charge in [-0.15, -0.1) is 0 Å². The zero-order chi connectivity index (χ0) is 38.5. The molecule has 2 aromatic heterocycles. The Balaban J connectivity index is 1.58. The number of halogens is 1. The van der Waals surface area contributed by atoms with Crippen LogP contribution in [-0.2, 0) is 38.4 Å². The van der Waals surface area contributed by atoms with E-state index in [1.54, 1.807) is 6.20 Å². The first kappa shape index (κ1) is 39.3. The molecule has 0 bridgehead atoms. The highest BCUT2D eigenvalue weighted by atomic mass is 19.1. The fourth-order valence-electron chi connectivity index (χ4n) is 5.50. The largest absolute Gasteiger partial charge is 0.370 e. The molecule has 0 spiro atoms. The minimum atomic E-state index is -1.31. The summed E-state index contributed by atoms with van der Waals surface area (Å²) in [5.74, 6) is -3.64. The Hall–Kier alpha value is -6.46. The molecular formula is C35H45FN12O5. The van der Waals surface area contributed by atoms with E-state index < -0.39 is 59.6 Å². The van der Waals surface area contributed by atoms with Crippen LogP contribution < -0.4 is 38.5 Å². The number of hydrogen-bond acceptors (Lipinski definition) is 7. The van der Waals surface area contributed by atoms with Gasteiger partial charge in [-0.25, -0.2) is 14.2 Å². The van der Waals surface area contributed by atoms with Crippen LogP contribution in [0.5, 0.6) is 0 Å². The van der Waals surface area contributed by atoms with Gasteiger partial charge in [-0.3, -0.25) is 24.2 Å². The zero-order valence-electron chi connectivity index (χ0n) is 29.4. The van der Waals surface area contributed by atoms with Gasteiger partial charge in [-0.1, -0.05) is 30.3 Å². The van der Waals surface area contributed by atoms with E-state index >= 15 is 0 Å². The van der Waals surface area contributed by atoms with Crippen molar-refractivity contribution in [3.8, 4) is 0 Å². The summed E-state index contributed by atoms with van der Waals surface area (Å²) < 4.78 is 13.8. The van der Waals surface area contributed by atoms with Crippen molar-refractivity contribution in [2.24, 2.45) is 22.2 Å². The number of carbonyl (C=O) groups excluding carboxylic acids is 5. The predicted molar refractivity (Wildman–Crippen MR) is 195 cm³/mol. The molecule has 12 N–H and O–H groups in total. The maximum atomic E-state index is 14.0. The minimum absolute atomic E-state index is 0.0110. The van der Waals surface area contributed by atoms with Crippen LogP contribution in [0.15, 0.2) is 72.2 Å². The Morgan fingerprint density at radius 2 is 1.45 bits per heavy atom. The first-order chi connectivity index (χ1) is 25.3. The maximum Gasteiger partial charge on any atom is 0.317 e. The van der Waals surface area contributed by atoms with E-state index in [9.17, 15) is 28.4 Å². The number of nitrogens with two attached hydrogens (primary N) is 3. The van der Waals surface area contributed by atoms with E-state index in [2.05, 4.69) is 41.2 Å². The minimum Gasteiger partial charge on any atom is -0.370 e. The van der Waals surface area contributed by atoms with E-state index in [1.165, 1.54) is 55.8 Å². The summed E-state index contributed by atoms with van der Waals surface area (Å²) in [6.45, 7) is 0.132. The fraction of sp³-hybridized carbons (Fsp3) is 0.343. The Kier molecular flexibility index (Phi) is 13.9. The lowest BCUT2D eigenvalue weighted by Gasteiger charge is -2.27. The quantitative estimate of drug-likeness (QED) is 0.0371. The Bertz CT molecular complexity index is 1890. The fourth-order valence-corrected chi connectivity index (χ4v) is 5.50. The van der Waals surface area contributed by atoms with E-state index in [-0.39, 0.29) is 44.6 Å². The van der Waals surface area contributed by atoms with E-state index in [0.717, 1.165) is 16.5 Å². The number of benzene rings is 2. The number of nitrogens with one attached hydrogen (secondary N) is 6. The third kappa shape index (κ3) is 11.8. The van der Waals surface area contributed by atoms with Crippen LogP contribution >= 0.6 is 0 Å². The number of H-pyrrole nitrogens is 2. The summed E-state index contributed by atoms with van der Waals surface area (Å²) in [6.07, 6.45) is 4.89. The van der Waals surface area contributed by atoms with Gasteiger partial charge < -0.3 is 53.3 Å². The number of para-hydroxylation sites is 1. The number of rotatable bonds is 18. The van der Waals surface area contributed by atoms with Gasteiger partial charge in [-0.2, -0.15) is 0 Å². The van der Waals surface area contributed by atoms with Crippen LogP contribution in [0.4, 0.5) is 9.18 Å². The SMILES string of the molecule is CN(C)C(=O)N[C@@H](Cc1cnc[nH]1)C(=O)N[C@H](Cc1ccc(F)cc1)C(=O)N[C@@H](CCCN=C(N)N)C(=O)N[C@@H](Cc1c[nH]c2ccccc12)C(N)=O. The Morgan fingerprint density at radius 1 is 0.811 bits per heavy atom. The predicted octanol–water partition coefficient (Wildman–Crippen LogP) is -0.309. The van der Waals surface area contributed by atoms with Gasteiger partial charge in [0.25, 0.3) is 0 Å². The van der Waals surface area contributed by atoms with Crippen LogP contribution in [0.3, 0.4) is 0 Å². The lowest BCUT2D eigenvalue weighted by Crippen LogP contribution is -2.59. The van der Waals surface area contributed by atoms with Crippen molar-refractivity contribution in [1.82, 2.24) is 41.1 Å². The molecule has 282 valence electrons. The van der Waals surface area contributed by atoms with Crippen LogP contribution in [0, 0.1) is 5.82 Å². The molecule has 4 aromatic rings. The molecule has 2 aromatic carbocycles. The highest BCUT2D eigenvalue weighted by Crippen LogP contribution is 2.19. The van der Waals surface area contributed by atoms with Gasteiger partial charge in [0, 0.05) is 68.9 Å². The molecule has 2 heterocycles. The van der Waals surface area contributed by atoms with Crippen molar-refractivity contribution >= 4 is 46.5 Å². The second-order valence-corrected chi connectivity index (χ2v) is 12.6. The van der Waals surface area contributed by atoms with Crippen molar-refractivity contribution in [3.63, 3.8) is 0 Å². The highest BCUT2D eigenvalue weighted by molar-refractivity contribution is 5.96. The molecule has 0 aliphatic carbocycles. The van der Waals surface area contributed by atoms with Crippen LogP contribution in [-0.4, -0.2) is 100 Å². The number of aliphatic imine (C=N–C) groups is 1. The molecule has 0 aliphatic rings. The number of primary amides is 1. The third-order valence-electron chi connectivity index (χ3n) is 8.32. The molecule has 18 heteroatoms. The molecule has 4 rings (SSSR count). The lowest BCUT2D eigenvalue weighted by molar-refractivity contribution is -0.133. The number of fused-ring (bicyclic) bond motifs is 1. The number of amides is 6. The monoisotopic (exact) mass is 732 g/mol. The number of imidazole rings is 1. The Labute approximate surface area is 304 Å². The topological polar surface area (TPSA) is 272 Å². The molecule has 0 saturated heterocycles. The molecule has 0 saturated carbocycles. The molecule has 4 atom stereocenters. The molecule has 0 fully saturated rings. The van der Waals surface area contributed by atoms with E-state index in [4.69, 9.17) is 17.2 Å². The summed E-state index contributed by atoms with van der Waals surface area (Å²) >= 11 is 0. The molecule has 0 radical (unpaired) electrons. The first-order valence-corrected chi connectivity index (χ1v) is 16.8. The first-order valence-electron chi connectivity index (χ1n) is 16.8. The van der Waals surface area contributed by atoms with Crippen molar-refractivity contribution in [1.29, 1.82) is 0 Å². The molecule has 0 unspecified atom stereocenters. The second-order valence-electron chi connectivity index (χ2n) is 12.6. The number of urea groups is 1. The second kappa shape index (κ2) is 18.7. The summed E-state index contributed by atoms with van der Waals surface area (Å²) in [5, 5.41) is 11.5. The van der Waals surface area contributed by atoms with Crippen molar-refractivity contribution in [2.45, 2.75) is 56.3 Å². The molecule has 6 amide bonds. The van der Waals surface area contributed by atoms with Crippen molar-refractivity contribution in [3.05, 3.63) is 89.9 Å². The van der Waals surface area contributed by atoms with Gasteiger partial charge >= 0.3 is 6.03 Å². The van der Waals surface area contributed by atoms with Crippen LogP contribution in [0.2, 0.25) is 0 Å². The van der Waals surface area contributed by atoms with Gasteiger partial charge in [0.05, 0.1) is 6.33 Å². The van der Waals surface area contributed by atoms with Gasteiger partial charge in [0.15, 0.2) is 5.96 Å². The van der Waals surface area contributed by atoms with E-state index in [0.29, 0.717) is 11.3 Å². The number of guanidine groups is 1. The summed E-state index contributed by atoms with van der Waals surface area (Å²) in [6, 6.07) is 7.40. The summed E-state index contributed by atoms with van der Waals surface area (Å²) in [4.78, 5) is 82.0. The molecule has 0 aliphatic heterocycles. The normalized spacial score (nSPS) is 13.2. The number of aromatic amines is 2. The van der Waals surface area contributed by atoms with Crippen LogP contribution in [0.1, 0.15) is 29.7 Å². The Morgan fingerprint density at radius 3 is 2.09 bits per heavy atom. The summed E-state index contributed by atoms with van der Waals surface area (Å²) in [5.41, 5.74) is 19.3. The zero-order valence-corrected chi connectivity index (χ0v) is 29.4. The highest BCUT2D eigenvalue weighted by Gasteiger charge is 2.32. The smallest absolute Gasteiger partial charge is 0.317 e. The lowest BCUT2D eigenvalue weighted by atomic mass is 10.0. The molecule has 17 nitrogen and oxygen atoms in total. The summed E-state index contributed by atoms with van der Waals surface area (Å²) in [7, 11) is 3.01. The van der Waals surface area contributed by atoms with Crippen LogP contribution in [0.25, 0.3) is 10.9 Å². The van der Waals surface area contributed by atoms with E-state index in [1.807, 2.05) is 24.3 Å². The van der Waals surface area contributed by atoms with Gasteiger partial charge in [-0.05, 0) is 42.2 Å². The van der Waals surface area contributed by atoms with Gasteiger partial charge in [0.1, 0.15) is 30.0 Å². The standard InChI is InChI=1S/C35H45FN12O5/c1-48(2)35(53)47-29(16-23-18-40-19-43-23)33(52)46-28(14-20-9-11-22(36)12-10-20)32(51)44-26(8-5-13-41-34(38)39)31(50)45-27(30(37)49)15-21-17-42-25-7-4-3-6-24(21)25/h3-4,6-7,9-12,17-19,26-29,42H,5,8,13-16H2,1-2H3,(H2,37,49)(H,40,43)(H,44,51)(H,45,50)(H,46,52)(H,47,53)(H4,38,39,41)/t26-,27-,28+,29-/m0/s1. The van der Waals surface area contributed by atoms with Crippen molar-refractivity contribution in [2.75, 3.05) is 20.6 Å². The molecule has 53 heavy (non-hydrogen) atoms. The van der Waals surface area contributed by atoms with Gasteiger partial charge in [0.2, 0.25) is 23.6 Å². The number of aromatic nitrogens is 3.